The van der Waals surface area contributed by atoms with Gasteiger partial charge in [-0.3, -0.25) is 9.48 Å². The molecule has 0 saturated carbocycles. The zero-order valence-electron chi connectivity index (χ0n) is 18.6. The number of aryl methyl sites for hydroxylation is 2. The predicted octanol–water partition coefficient (Wildman–Crippen LogP) is 4.78. The van der Waals surface area contributed by atoms with Gasteiger partial charge in [-0.25, -0.2) is 0 Å². The standard InChI is InChI=1S/C27H27N3O3/c1-30-25-10-9-20(13-21(25)16-29-30)23-11-17(5-4-8-26(31)32)12-24(28)27(23)33-22-14-18-6-2-3-7-19(18)15-22/h2-3,6-7,9-13,16,22H,4-5,8,14-15,28H2,1H3,(H,31,32). The quantitative estimate of drug-likeness (QED) is 0.403. The molecule has 0 fully saturated rings. The van der Waals surface area contributed by atoms with Gasteiger partial charge in [0.25, 0.3) is 0 Å². The van der Waals surface area contributed by atoms with Crippen LogP contribution in [0.3, 0.4) is 0 Å². The number of benzene rings is 3. The zero-order chi connectivity index (χ0) is 22.9. The number of nitrogens with two attached hydrogens (primary N) is 1. The maximum atomic E-state index is 11.0. The third kappa shape index (κ3) is 4.29. The molecular formula is C27H27N3O3. The number of carboxylic acid groups (broad SMARTS) is 1. The Bertz CT molecular complexity index is 1320. The number of ether oxygens (including phenoxy) is 1. The van der Waals surface area contributed by atoms with Crippen molar-refractivity contribution in [1.29, 1.82) is 0 Å². The fourth-order valence-electron chi connectivity index (χ4n) is 4.75. The summed E-state index contributed by atoms with van der Waals surface area (Å²) >= 11 is 0. The Morgan fingerprint density at radius 1 is 1.15 bits per heavy atom. The number of hydrogen-bond acceptors (Lipinski definition) is 4. The lowest BCUT2D eigenvalue weighted by atomic mass is 9.97. The van der Waals surface area contributed by atoms with Crippen LogP contribution in [0.5, 0.6) is 5.75 Å². The highest BCUT2D eigenvalue weighted by Crippen LogP contribution is 2.40. The number of nitrogens with zero attached hydrogens (tertiary/aromatic N) is 2. The molecule has 0 amide bonds. The van der Waals surface area contributed by atoms with Crippen LogP contribution < -0.4 is 10.5 Å². The van der Waals surface area contributed by atoms with Gasteiger partial charge in [-0.05, 0) is 59.4 Å². The molecule has 3 N–H and O–H groups in total. The largest absolute Gasteiger partial charge is 0.487 e. The van der Waals surface area contributed by atoms with E-state index in [1.807, 2.05) is 24.0 Å². The van der Waals surface area contributed by atoms with Gasteiger partial charge in [0.1, 0.15) is 11.9 Å². The van der Waals surface area contributed by atoms with Crippen LogP contribution in [0, 0.1) is 0 Å². The molecule has 6 nitrogen and oxygen atoms in total. The highest BCUT2D eigenvalue weighted by molar-refractivity contribution is 5.87. The van der Waals surface area contributed by atoms with Crippen molar-refractivity contribution in [1.82, 2.24) is 9.78 Å². The van der Waals surface area contributed by atoms with Crippen LogP contribution in [0.15, 0.2) is 60.8 Å². The average Bonchev–Trinajstić information content (AvgIpc) is 3.37. The van der Waals surface area contributed by atoms with Crippen molar-refractivity contribution in [2.24, 2.45) is 7.05 Å². The molecule has 1 aliphatic rings. The van der Waals surface area contributed by atoms with Gasteiger partial charge >= 0.3 is 5.97 Å². The Balaban J connectivity index is 1.51. The van der Waals surface area contributed by atoms with E-state index < -0.39 is 5.97 Å². The molecule has 1 aromatic heterocycles. The fourth-order valence-corrected chi connectivity index (χ4v) is 4.75. The number of carbonyl (C=O) groups is 1. The summed E-state index contributed by atoms with van der Waals surface area (Å²) in [5.74, 6) is -0.0935. The minimum atomic E-state index is -0.786. The molecule has 0 radical (unpaired) electrons. The highest BCUT2D eigenvalue weighted by Gasteiger charge is 2.25. The lowest BCUT2D eigenvalue weighted by Gasteiger charge is -2.20. The first kappa shape index (κ1) is 21.1. The molecule has 168 valence electrons. The fraction of sp³-hybridized carbons (Fsp3) is 0.259. The van der Waals surface area contributed by atoms with E-state index in [2.05, 4.69) is 53.6 Å². The summed E-state index contributed by atoms with van der Waals surface area (Å²) in [6.45, 7) is 0. The molecule has 33 heavy (non-hydrogen) atoms. The van der Waals surface area contributed by atoms with E-state index >= 15 is 0 Å². The summed E-state index contributed by atoms with van der Waals surface area (Å²) in [5.41, 5.74) is 13.8. The van der Waals surface area contributed by atoms with E-state index in [0.717, 1.165) is 40.4 Å². The number of nitrogen functional groups attached to an aromatic ring is 1. The molecule has 0 saturated heterocycles. The van der Waals surface area contributed by atoms with Crippen LogP contribution in [0.2, 0.25) is 0 Å². The first-order valence-corrected chi connectivity index (χ1v) is 11.3. The summed E-state index contributed by atoms with van der Waals surface area (Å²) in [6, 6.07) is 18.7. The van der Waals surface area contributed by atoms with Gasteiger partial charge in [0.05, 0.1) is 17.4 Å². The minimum Gasteiger partial charge on any atom is -0.487 e. The Hall–Kier alpha value is -3.80. The van der Waals surface area contributed by atoms with Gasteiger partial charge in [-0.1, -0.05) is 30.3 Å². The summed E-state index contributed by atoms with van der Waals surface area (Å²) in [4.78, 5) is 11.0. The second-order valence-electron chi connectivity index (χ2n) is 8.77. The van der Waals surface area contributed by atoms with E-state index in [1.165, 1.54) is 11.1 Å². The minimum absolute atomic E-state index is 0.0310. The van der Waals surface area contributed by atoms with Crippen LogP contribution >= 0.6 is 0 Å². The first-order valence-electron chi connectivity index (χ1n) is 11.3. The molecule has 0 aliphatic heterocycles. The molecule has 1 aliphatic carbocycles. The first-order chi connectivity index (χ1) is 16.0. The number of aromatic nitrogens is 2. The van der Waals surface area contributed by atoms with Gasteiger partial charge in [0.15, 0.2) is 0 Å². The Labute approximate surface area is 192 Å². The number of aliphatic carboxylic acids is 1. The zero-order valence-corrected chi connectivity index (χ0v) is 18.6. The second-order valence-corrected chi connectivity index (χ2v) is 8.77. The van der Waals surface area contributed by atoms with Gasteiger partial charge in [-0.15, -0.1) is 0 Å². The van der Waals surface area contributed by atoms with E-state index in [1.54, 1.807) is 0 Å². The highest BCUT2D eigenvalue weighted by atomic mass is 16.5. The average molecular weight is 442 g/mol. The van der Waals surface area contributed by atoms with Crippen LogP contribution in [0.4, 0.5) is 5.69 Å². The van der Waals surface area contributed by atoms with Gasteiger partial charge in [-0.2, -0.15) is 5.10 Å². The lowest BCUT2D eigenvalue weighted by Crippen LogP contribution is -2.18. The van der Waals surface area contributed by atoms with Crippen molar-refractivity contribution in [2.45, 2.75) is 38.2 Å². The predicted molar refractivity (Wildman–Crippen MR) is 129 cm³/mol. The Morgan fingerprint density at radius 2 is 1.91 bits per heavy atom. The maximum absolute atomic E-state index is 11.0. The van der Waals surface area contributed by atoms with Gasteiger partial charge in [0, 0.05) is 37.3 Å². The number of anilines is 1. The van der Waals surface area contributed by atoms with Crippen molar-refractivity contribution >= 4 is 22.6 Å². The summed E-state index contributed by atoms with van der Waals surface area (Å²) in [7, 11) is 1.93. The van der Waals surface area contributed by atoms with E-state index in [0.29, 0.717) is 24.3 Å². The third-order valence-corrected chi connectivity index (χ3v) is 6.39. The molecule has 5 rings (SSSR count). The number of rotatable bonds is 7. The summed E-state index contributed by atoms with van der Waals surface area (Å²) in [6.07, 6.45) is 4.95. The van der Waals surface area contributed by atoms with Crippen molar-refractivity contribution in [3.05, 3.63) is 77.5 Å². The van der Waals surface area contributed by atoms with Crippen molar-refractivity contribution in [2.75, 3.05) is 5.73 Å². The van der Waals surface area contributed by atoms with Crippen LogP contribution in [0.1, 0.15) is 29.5 Å². The topological polar surface area (TPSA) is 90.4 Å². The lowest BCUT2D eigenvalue weighted by molar-refractivity contribution is -0.137. The third-order valence-electron chi connectivity index (χ3n) is 6.39. The van der Waals surface area contributed by atoms with E-state index in [-0.39, 0.29) is 12.5 Å². The number of fused-ring (bicyclic) bond motifs is 2. The van der Waals surface area contributed by atoms with E-state index in [9.17, 15) is 4.79 Å². The summed E-state index contributed by atoms with van der Waals surface area (Å²) in [5, 5.41) is 14.4. The molecule has 0 unspecified atom stereocenters. The molecule has 4 aromatic rings. The van der Waals surface area contributed by atoms with Crippen molar-refractivity contribution in [3.8, 4) is 16.9 Å². The van der Waals surface area contributed by atoms with Crippen LogP contribution in [0.25, 0.3) is 22.0 Å². The van der Waals surface area contributed by atoms with Gasteiger partial charge < -0.3 is 15.6 Å². The molecule has 6 heteroatoms. The smallest absolute Gasteiger partial charge is 0.303 e. The van der Waals surface area contributed by atoms with E-state index in [4.69, 9.17) is 15.6 Å². The Kier molecular flexibility index (Phi) is 5.50. The van der Waals surface area contributed by atoms with Gasteiger partial charge in [0.2, 0.25) is 0 Å². The second kappa shape index (κ2) is 8.62. The van der Waals surface area contributed by atoms with Crippen LogP contribution in [-0.2, 0) is 31.1 Å². The monoisotopic (exact) mass is 441 g/mol. The van der Waals surface area contributed by atoms with Crippen molar-refractivity contribution < 1.29 is 14.6 Å². The molecule has 0 atom stereocenters. The maximum Gasteiger partial charge on any atom is 0.303 e. The molecule has 1 heterocycles. The number of hydrogen-bond donors (Lipinski definition) is 2. The SMILES string of the molecule is Cn1ncc2cc(-c3cc(CCCC(=O)O)cc(N)c3OC3Cc4ccccc4C3)ccc21. The summed E-state index contributed by atoms with van der Waals surface area (Å²) < 4.78 is 8.40. The molecule has 0 bridgehead atoms. The number of carboxylic acids is 1. The van der Waals surface area contributed by atoms with Crippen LogP contribution in [-0.4, -0.2) is 27.0 Å². The normalized spacial score (nSPS) is 13.4. The molecular weight excluding hydrogens is 414 g/mol. The molecule has 3 aromatic carbocycles. The molecule has 0 spiro atoms. The Morgan fingerprint density at radius 3 is 2.64 bits per heavy atom. The van der Waals surface area contributed by atoms with Crippen molar-refractivity contribution in [3.63, 3.8) is 0 Å².